The molecule has 0 aliphatic rings. The highest BCUT2D eigenvalue weighted by atomic mass is 35.5. The fraction of sp³-hybridized carbons (Fsp3) is 0.250. The van der Waals surface area contributed by atoms with Gasteiger partial charge < -0.3 is 9.84 Å². The summed E-state index contributed by atoms with van der Waals surface area (Å²) in [5.41, 5.74) is 2.96. The van der Waals surface area contributed by atoms with E-state index in [0.717, 1.165) is 22.4 Å². The van der Waals surface area contributed by atoms with Crippen molar-refractivity contribution in [3.05, 3.63) is 64.2 Å². The second kappa shape index (κ2) is 6.09. The van der Waals surface area contributed by atoms with E-state index in [-0.39, 0.29) is 0 Å². The highest BCUT2D eigenvalue weighted by Gasteiger charge is 2.09. The summed E-state index contributed by atoms with van der Waals surface area (Å²) in [4.78, 5) is 0. The molecule has 100 valence electrons. The Kier molecular flexibility index (Phi) is 4.46. The zero-order valence-electron chi connectivity index (χ0n) is 11.1. The lowest BCUT2D eigenvalue weighted by molar-refractivity contribution is 0.190. The smallest absolute Gasteiger partial charge is 0.125 e. The van der Waals surface area contributed by atoms with Crippen molar-refractivity contribution in [1.29, 1.82) is 0 Å². The summed E-state index contributed by atoms with van der Waals surface area (Å²) in [5, 5.41) is 10.4. The maximum atomic E-state index is 9.73. The minimum atomic E-state index is -0.541. The number of halogens is 1. The van der Waals surface area contributed by atoms with Crippen molar-refractivity contribution in [2.24, 2.45) is 0 Å². The van der Waals surface area contributed by atoms with Gasteiger partial charge in [-0.15, -0.1) is 0 Å². The number of aliphatic hydroxyl groups excluding tert-OH is 1. The molecule has 0 fully saturated rings. The Hall–Kier alpha value is -1.51. The van der Waals surface area contributed by atoms with E-state index >= 15 is 0 Å². The van der Waals surface area contributed by atoms with Crippen LogP contribution in [-0.4, -0.2) is 5.11 Å². The van der Waals surface area contributed by atoms with E-state index < -0.39 is 6.10 Å². The van der Waals surface area contributed by atoms with Gasteiger partial charge in [0.1, 0.15) is 12.4 Å². The van der Waals surface area contributed by atoms with Crippen molar-refractivity contribution < 1.29 is 9.84 Å². The number of hydrogen-bond acceptors (Lipinski definition) is 2. The summed E-state index contributed by atoms with van der Waals surface area (Å²) in [6.07, 6.45) is -0.541. The first-order valence-corrected chi connectivity index (χ1v) is 6.60. The van der Waals surface area contributed by atoms with Crippen molar-refractivity contribution in [3.8, 4) is 5.75 Å². The summed E-state index contributed by atoms with van der Waals surface area (Å²) in [6, 6.07) is 13.4. The molecule has 19 heavy (non-hydrogen) atoms. The van der Waals surface area contributed by atoms with Gasteiger partial charge in [0, 0.05) is 10.6 Å². The lowest BCUT2D eigenvalue weighted by Gasteiger charge is -2.14. The van der Waals surface area contributed by atoms with Crippen molar-refractivity contribution in [2.45, 2.75) is 26.6 Å². The number of aliphatic hydroxyl groups is 1. The Balaban J connectivity index is 2.14. The molecule has 2 aromatic rings. The van der Waals surface area contributed by atoms with Crippen molar-refractivity contribution >= 4 is 11.6 Å². The van der Waals surface area contributed by atoms with Gasteiger partial charge in [-0.25, -0.2) is 0 Å². The number of benzene rings is 2. The number of hydrogen-bond donors (Lipinski definition) is 1. The van der Waals surface area contributed by atoms with Crippen molar-refractivity contribution in [1.82, 2.24) is 0 Å². The third-order valence-electron chi connectivity index (χ3n) is 2.93. The molecule has 0 radical (unpaired) electrons. The molecule has 0 saturated heterocycles. The van der Waals surface area contributed by atoms with E-state index in [9.17, 15) is 5.11 Å². The molecule has 2 aromatic carbocycles. The highest BCUT2D eigenvalue weighted by Crippen LogP contribution is 2.27. The van der Waals surface area contributed by atoms with Crippen LogP contribution in [0.25, 0.3) is 0 Å². The second-order valence-corrected chi connectivity index (χ2v) is 5.07. The van der Waals surface area contributed by atoms with Crippen LogP contribution >= 0.6 is 11.6 Å². The van der Waals surface area contributed by atoms with Crippen LogP contribution in [0.3, 0.4) is 0 Å². The zero-order chi connectivity index (χ0) is 13.8. The summed E-state index contributed by atoms with van der Waals surface area (Å²) in [7, 11) is 0. The van der Waals surface area contributed by atoms with Crippen LogP contribution in [0.4, 0.5) is 0 Å². The van der Waals surface area contributed by atoms with E-state index in [0.29, 0.717) is 11.6 Å². The van der Waals surface area contributed by atoms with Gasteiger partial charge in [0.25, 0.3) is 0 Å². The topological polar surface area (TPSA) is 29.5 Å². The van der Waals surface area contributed by atoms with E-state index in [1.165, 1.54) is 0 Å². The molecule has 0 bridgehead atoms. The Morgan fingerprint density at radius 2 is 1.84 bits per heavy atom. The summed E-state index contributed by atoms with van der Waals surface area (Å²) < 4.78 is 5.80. The molecule has 3 heteroatoms. The molecule has 0 amide bonds. The molecule has 0 saturated carbocycles. The van der Waals surface area contributed by atoms with Gasteiger partial charge in [0.15, 0.2) is 0 Å². The quantitative estimate of drug-likeness (QED) is 0.903. The SMILES string of the molecule is Cc1ccc([C@H](C)O)c(OCc2ccc(Cl)cc2)c1. The lowest BCUT2D eigenvalue weighted by atomic mass is 10.1. The molecule has 0 unspecified atom stereocenters. The molecule has 0 heterocycles. The van der Waals surface area contributed by atoms with Gasteiger partial charge in [-0.05, 0) is 43.2 Å². The van der Waals surface area contributed by atoms with Crippen LogP contribution in [0, 0.1) is 6.92 Å². The van der Waals surface area contributed by atoms with Crippen LogP contribution < -0.4 is 4.74 Å². The van der Waals surface area contributed by atoms with Crippen LogP contribution in [0.5, 0.6) is 5.75 Å². The van der Waals surface area contributed by atoms with Gasteiger partial charge in [0.2, 0.25) is 0 Å². The minimum absolute atomic E-state index is 0.459. The molecule has 0 spiro atoms. The van der Waals surface area contributed by atoms with Crippen molar-refractivity contribution in [2.75, 3.05) is 0 Å². The van der Waals surface area contributed by atoms with E-state index in [1.54, 1.807) is 6.92 Å². The van der Waals surface area contributed by atoms with Crippen LogP contribution in [0.2, 0.25) is 5.02 Å². The molecule has 0 aromatic heterocycles. The standard InChI is InChI=1S/C16H17ClO2/c1-11-3-8-15(12(2)18)16(9-11)19-10-13-4-6-14(17)7-5-13/h3-9,12,18H,10H2,1-2H3/t12-/m0/s1. The molecule has 0 aliphatic carbocycles. The third kappa shape index (κ3) is 3.72. The number of rotatable bonds is 4. The lowest BCUT2D eigenvalue weighted by Crippen LogP contribution is -2.01. The summed E-state index contributed by atoms with van der Waals surface area (Å²) >= 11 is 5.84. The third-order valence-corrected chi connectivity index (χ3v) is 3.18. The summed E-state index contributed by atoms with van der Waals surface area (Å²) in [6.45, 7) is 4.20. The monoisotopic (exact) mass is 276 g/mol. The Labute approximate surface area is 118 Å². The maximum Gasteiger partial charge on any atom is 0.125 e. The van der Waals surface area contributed by atoms with Crippen LogP contribution in [0.1, 0.15) is 29.7 Å². The van der Waals surface area contributed by atoms with E-state index in [2.05, 4.69) is 0 Å². The predicted molar refractivity (Wildman–Crippen MR) is 77.6 cm³/mol. The molecule has 0 aliphatic heterocycles. The molecule has 1 atom stereocenters. The van der Waals surface area contributed by atoms with Gasteiger partial charge in [0.05, 0.1) is 6.10 Å². The molecular weight excluding hydrogens is 260 g/mol. The fourth-order valence-electron chi connectivity index (χ4n) is 1.85. The Morgan fingerprint density at radius 1 is 1.16 bits per heavy atom. The first-order chi connectivity index (χ1) is 9.06. The maximum absolute atomic E-state index is 9.73. The largest absolute Gasteiger partial charge is 0.489 e. The molecule has 2 nitrogen and oxygen atoms in total. The first-order valence-electron chi connectivity index (χ1n) is 6.22. The molecule has 2 rings (SSSR count). The van der Waals surface area contributed by atoms with Crippen LogP contribution in [0.15, 0.2) is 42.5 Å². The zero-order valence-corrected chi connectivity index (χ0v) is 11.8. The number of aryl methyl sites for hydroxylation is 1. The van der Waals surface area contributed by atoms with Gasteiger partial charge in [-0.2, -0.15) is 0 Å². The average Bonchev–Trinajstić information content (AvgIpc) is 2.38. The Bertz CT molecular complexity index is 547. The Morgan fingerprint density at radius 3 is 2.47 bits per heavy atom. The number of ether oxygens (including phenoxy) is 1. The van der Waals surface area contributed by atoms with Crippen LogP contribution in [-0.2, 0) is 6.61 Å². The normalized spacial score (nSPS) is 12.2. The summed E-state index contributed by atoms with van der Waals surface area (Å²) in [5.74, 6) is 0.727. The predicted octanol–water partition coefficient (Wildman–Crippen LogP) is 4.28. The second-order valence-electron chi connectivity index (χ2n) is 4.63. The van der Waals surface area contributed by atoms with Gasteiger partial charge in [-0.3, -0.25) is 0 Å². The highest BCUT2D eigenvalue weighted by molar-refractivity contribution is 6.30. The first kappa shape index (κ1) is 13.9. The van der Waals surface area contributed by atoms with E-state index in [1.807, 2.05) is 49.4 Å². The minimum Gasteiger partial charge on any atom is -0.489 e. The fourth-order valence-corrected chi connectivity index (χ4v) is 1.98. The van der Waals surface area contributed by atoms with E-state index in [4.69, 9.17) is 16.3 Å². The van der Waals surface area contributed by atoms with Gasteiger partial charge >= 0.3 is 0 Å². The molecular formula is C16H17ClO2. The molecule has 1 N–H and O–H groups in total. The average molecular weight is 277 g/mol. The van der Waals surface area contributed by atoms with Gasteiger partial charge in [-0.1, -0.05) is 35.9 Å². The van der Waals surface area contributed by atoms with Crippen molar-refractivity contribution in [3.63, 3.8) is 0 Å².